The van der Waals surface area contributed by atoms with Crippen molar-refractivity contribution in [2.24, 2.45) is 0 Å². The Bertz CT molecular complexity index is 731. The van der Waals surface area contributed by atoms with Gasteiger partial charge >= 0.3 is 0 Å². The van der Waals surface area contributed by atoms with Crippen molar-refractivity contribution in [2.45, 2.75) is 25.8 Å². The molecule has 114 valence electrons. The molecule has 0 spiro atoms. The third kappa shape index (κ3) is 3.04. The highest BCUT2D eigenvalue weighted by Gasteiger charge is 2.19. The number of para-hydroxylation sites is 1. The first-order valence-corrected chi connectivity index (χ1v) is 8.10. The first kappa shape index (κ1) is 14.8. The molecule has 1 atom stereocenters. The summed E-state index contributed by atoms with van der Waals surface area (Å²) in [5.74, 6) is 0.902. The van der Waals surface area contributed by atoms with Gasteiger partial charge in [0.1, 0.15) is 5.76 Å². The molecule has 3 rings (SSSR count). The Kier molecular flexibility index (Phi) is 4.24. The van der Waals surface area contributed by atoms with E-state index in [9.17, 15) is 4.79 Å². The van der Waals surface area contributed by atoms with E-state index in [0.717, 1.165) is 16.3 Å². The molecular formula is C17H18N2O2S. The molecule has 1 unspecified atom stereocenters. The number of nitrogens with zero attached hydrogens (tertiary/aromatic N) is 2. The summed E-state index contributed by atoms with van der Waals surface area (Å²) < 4.78 is 6.53. The number of aromatic nitrogens is 1. The monoisotopic (exact) mass is 314 g/mol. The lowest BCUT2D eigenvalue weighted by molar-refractivity contribution is -0.132. The number of aryl methyl sites for hydroxylation is 1. The van der Waals surface area contributed by atoms with Crippen LogP contribution >= 0.6 is 11.3 Å². The fourth-order valence-corrected chi connectivity index (χ4v) is 3.32. The Hall–Kier alpha value is -2.14. The van der Waals surface area contributed by atoms with Crippen molar-refractivity contribution in [3.8, 4) is 0 Å². The van der Waals surface area contributed by atoms with E-state index in [1.54, 1.807) is 22.5 Å². The number of carbonyl (C=O) groups excluding carboxylic acids is 1. The van der Waals surface area contributed by atoms with Gasteiger partial charge in [-0.25, -0.2) is 4.98 Å². The van der Waals surface area contributed by atoms with Gasteiger partial charge in [0.25, 0.3) is 0 Å². The number of furan rings is 1. The van der Waals surface area contributed by atoms with Crippen molar-refractivity contribution < 1.29 is 9.21 Å². The summed E-state index contributed by atoms with van der Waals surface area (Å²) in [5.41, 5.74) is 1.01. The number of rotatable bonds is 5. The number of fused-ring (bicyclic) bond motifs is 1. The van der Waals surface area contributed by atoms with Gasteiger partial charge in [0.15, 0.2) is 0 Å². The summed E-state index contributed by atoms with van der Waals surface area (Å²) in [6, 6.07) is 11.7. The van der Waals surface area contributed by atoms with Crippen LogP contribution in [0.2, 0.25) is 0 Å². The second-order valence-electron chi connectivity index (χ2n) is 5.27. The van der Waals surface area contributed by atoms with Crippen LogP contribution in [0.3, 0.4) is 0 Å². The number of hydrogen-bond acceptors (Lipinski definition) is 4. The van der Waals surface area contributed by atoms with E-state index in [4.69, 9.17) is 4.42 Å². The molecule has 0 bridgehead atoms. The van der Waals surface area contributed by atoms with Crippen LogP contribution in [0.25, 0.3) is 10.2 Å². The summed E-state index contributed by atoms with van der Waals surface area (Å²) in [5, 5.41) is 1.01. The molecule has 0 radical (unpaired) electrons. The van der Waals surface area contributed by atoms with Crippen LogP contribution < -0.4 is 0 Å². The quantitative estimate of drug-likeness (QED) is 0.714. The summed E-state index contributed by atoms with van der Waals surface area (Å²) in [6.45, 7) is 1.97. The minimum atomic E-state index is -0.0575. The largest absolute Gasteiger partial charge is 0.467 e. The van der Waals surface area contributed by atoms with Crippen LogP contribution in [0.5, 0.6) is 0 Å². The molecule has 0 saturated carbocycles. The van der Waals surface area contributed by atoms with E-state index in [0.29, 0.717) is 12.8 Å². The smallest absolute Gasteiger partial charge is 0.223 e. The fourth-order valence-electron chi connectivity index (χ4n) is 2.35. The molecule has 0 N–H and O–H groups in total. The molecule has 2 heterocycles. The van der Waals surface area contributed by atoms with Crippen molar-refractivity contribution >= 4 is 27.5 Å². The van der Waals surface area contributed by atoms with Crippen molar-refractivity contribution in [3.05, 3.63) is 53.4 Å². The van der Waals surface area contributed by atoms with E-state index in [2.05, 4.69) is 11.1 Å². The van der Waals surface area contributed by atoms with Crippen molar-refractivity contribution in [1.82, 2.24) is 9.88 Å². The van der Waals surface area contributed by atoms with Crippen LogP contribution in [0.15, 0.2) is 47.1 Å². The molecule has 0 fully saturated rings. The van der Waals surface area contributed by atoms with Crippen LogP contribution in [0.4, 0.5) is 0 Å². The van der Waals surface area contributed by atoms with Gasteiger partial charge in [0, 0.05) is 19.9 Å². The zero-order valence-electron chi connectivity index (χ0n) is 12.7. The maximum Gasteiger partial charge on any atom is 0.223 e. The molecule has 2 aromatic heterocycles. The molecule has 0 aliphatic heterocycles. The van der Waals surface area contributed by atoms with Crippen LogP contribution in [0.1, 0.15) is 30.2 Å². The number of thiazole rings is 1. The first-order chi connectivity index (χ1) is 10.6. The van der Waals surface area contributed by atoms with Gasteiger partial charge in [-0.1, -0.05) is 12.1 Å². The first-order valence-electron chi connectivity index (χ1n) is 7.28. The Morgan fingerprint density at radius 3 is 2.86 bits per heavy atom. The van der Waals surface area contributed by atoms with E-state index >= 15 is 0 Å². The Morgan fingerprint density at radius 1 is 1.32 bits per heavy atom. The fraction of sp³-hybridized carbons (Fsp3) is 0.294. The number of benzene rings is 1. The third-order valence-corrected chi connectivity index (χ3v) is 4.92. The molecule has 4 nitrogen and oxygen atoms in total. The van der Waals surface area contributed by atoms with E-state index in [1.807, 2.05) is 44.3 Å². The molecule has 5 heteroatoms. The predicted molar refractivity (Wildman–Crippen MR) is 87.8 cm³/mol. The SMILES string of the molecule is CC(c1ccco1)N(C)C(=O)CCc1nc2ccccc2s1. The maximum atomic E-state index is 12.3. The zero-order chi connectivity index (χ0) is 15.5. The van der Waals surface area contributed by atoms with Gasteiger partial charge in [0.05, 0.1) is 27.5 Å². The number of hydrogen-bond donors (Lipinski definition) is 0. The van der Waals surface area contributed by atoms with Crippen molar-refractivity contribution in [1.29, 1.82) is 0 Å². The average molecular weight is 314 g/mol. The Morgan fingerprint density at radius 2 is 2.14 bits per heavy atom. The lowest BCUT2D eigenvalue weighted by Gasteiger charge is -2.23. The third-order valence-electron chi connectivity index (χ3n) is 3.82. The van der Waals surface area contributed by atoms with Crippen LogP contribution in [0, 0.1) is 0 Å². The van der Waals surface area contributed by atoms with Crippen molar-refractivity contribution in [3.63, 3.8) is 0 Å². The van der Waals surface area contributed by atoms with Crippen molar-refractivity contribution in [2.75, 3.05) is 7.05 Å². The highest BCUT2D eigenvalue weighted by Crippen LogP contribution is 2.24. The number of amides is 1. The second-order valence-corrected chi connectivity index (χ2v) is 6.39. The highest BCUT2D eigenvalue weighted by molar-refractivity contribution is 7.18. The molecular weight excluding hydrogens is 296 g/mol. The van der Waals surface area contributed by atoms with Gasteiger partial charge in [0.2, 0.25) is 5.91 Å². The van der Waals surface area contributed by atoms with E-state index in [1.165, 1.54) is 4.70 Å². The summed E-state index contributed by atoms with van der Waals surface area (Å²) in [7, 11) is 1.81. The van der Waals surface area contributed by atoms with E-state index in [-0.39, 0.29) is 11.9 Å². The number of carbonyl (C=O) groups is 1. The highest BCUT2D eigenvalue weighted by atomic mass is 32.1. The molecule has 0 saturated heterocycles. The van der Waals surface area contributed by atoms with Gasteiger partial charge in [-0.05, 0) is 31.2 Å². The Balaban J connectivity index is 1.61. The van der Waals surface area contributed by atoms with Gasteiger partial charge < -0.3 is 9.32 Å². The standard InChI is InChI=1S/C17H18N2O2S/c1-12(14-7-5-11-21-14)19(2)17(20)10-9-16-18-13-6-3-4-8-15(13)22-16/h3-8,11-12H,9-10H2,1-2H3. The maximum absolute atomic E-state index is 12.3. The topological polar surface area (TPSA) is 46.3 Å². The summed E-state index contributed by atoms with van der Waals surface area (Å²) in [6.07, 6.45) is 2.76. The predicted octanol–water partition coefficient (Wildman–Crippen LogP) is 4.04. The average Bonchev–Trinajstić information content (AvgIpc) is 3.19. The molecule has 1 amide bonds. The van der Waals surface area contributed by atoms with Crippen LogP contribution in [-0.4, -0.2) is 22.8 Å². The zero-order valence-corrected chi connectivity index (χ0v) is 13.5. The minimum absolute atomic E-state index is 0.0575. The van der Waals surface area contributed by atoms with E-state index < -0.39 is 0 Å². The summed E-state index contributed by atoms with van der Waals surface area (Å²) >= 11 is 1.66. The molecule has 0 aliphatic rings. The van der Waals surface area contributed by atoms with Gasteiger partial charge in [-0.3, -0.25) is 4.79 Å². The minimum Gasteiger partial charge on any atom is -0.467 e. The second kappa shape index (κ2) is 6.32. The lowest BCUT2D eigenvalue weighted by Crippen LogP contribution is -2.29. The molecule has 22 heavy (non-hydrogen) atoms. The molecule has 0 aliphatic carbocycles. The molecule has 3 aromatic rings. The Labute approximate surface area is 133 Å². The van der Waals surface area contributed by atoms with Gasteiger partial charge in [-0.2, -0.15) is 0 Å². The summed E-state index contributed by atoms with van der Waals surface area (Å²) in [4.78, 5) is 18.6. The normalized spacial score (nSPS) is 12.5. The van der Waals surface area contributed by atoms with Gasteiger partial charge in [-0.15, -0.1) is 11.3 Å². The molecule has 1 aromatic carbocycles. The lowest BCUT2D eigenvalue weighted by atomic mass is 10.2. The van der Waals surface area contributed by atoms with Crippen LogP contribution in [-0.2, 0) is 11.2 Å².